The van der Waals surface area contributed by atoms with E-state index in [2.05, 4.69) is 25.4 Å². The van der Waals surface area contributed by atoms with Crippen molar-refractivity contribution in [2.75, 3.05) is 18.0 Å². The van der Waals surface area contributed by atoms with Crippen molar-refractivity contribution < 1.29 is 4.79 Å². The van der Waals surface area contributed by atoms with Gasteiger partial charge in [-0.25, -0.2) is 0 Å². The minimum absolute atomic E-state index is 0.110. The van der Waals surface area contributed by atoms with Gasteiger partial charge in [-0.1, -0.05) is 17.7 Å². The molecule has 3 heterocycles. The third-order valence-corrected chi connectivity index (χ3v) is 4.99. The summed E-state index contributed by atoms with van der Waals surface area (Å²) in [5.74, 6) is 0.729. The van der Waals surface area contributed by atoms with Crippen molar-refractivity contribution in [3.8, 4) is 0 Å². The zero-order chi connectivity index (χ0) is 17.9. The summed E-state index contributed by atoms with van der Waals surface area (Å²) in [6.45, 7) is 1.66. The Kier molecular flexibility index (Phi) is 4.67. The van der Waals surface area contributed by atoms with Crippen molar-refractivity contribution in [1.82, 2.24) is 20.5 Å². The summed E-state index contributed by atoms with van der Waals surface area (Å²) in [7, 11) is 0. The lowest BCUT2D eigenvalue weighted by atomic mass is 10.0. The second-order valence-corrected chi connectivity index (χ2v) is 6.72. The van der Waals surface area contributed by atoms with Gasteiger partial charge in [0.05, 0.1) is 16.1 Å². The topological polar surface area (TPSA) is 71.0 Å². The molecule has 4 rings (SSSR count). The average Bonchev–Trinajstić information content (AvgIpc) is 2.69. The first-order valence-corrected chi connectivity index (χ1v) is 8.97. The van der Waals surface area contributed by atoms with Crippen LogP contribution in [0.15, 0.2) is 48.8 Å². The number of piperidine rings is 1. The molecule has 7 heteroatoms. The minimum atomic E-state index is -0.147. The Morgan fingerprint density at radius 1 is 1.12 bits per heavy atom. The highest BCUT2D eigenvalue weighted by atomic mass is 35.5. The molecule has 1 saturated heterocycles. The average molecular weight is 368 g/mol. The van der Waals surface area contributed by atoms with E-state index in [1.54, 1.807) is 18.5 Å². The van der Waals surface area contributed by atoms with E-state index in [9.17, 15) is 4.79 Å². The zero-order valence-corrected chi connectivity index (χ0v) is 14.9. The molecule has 1 aromatic carbocycles. The smallest absolute Gasteiger partial charge is 0.253 e. The van der Waals surface area contributed by atoms with Gasteiger partial charge in [0.2, 0.25) is 0 Å². The first-order valence-electron chi connectivity index (χ1n) is 8.59. The molecule has 1 aliphatic heterocycles. The number of halogens is 1. The Hall–Kier alpha value is -2.73. The molecule has 1 N–H and O–H groups in total. The second kappa shape index (κ2) is 7.25. The molecule has 2 aromatic heterocycles. The number of nitrogens with zero attached hydrogens (tertiary/aromatic N) is 4. The number of hydrogen-bond acceptors (Lipinski definition) is 5. The molecule has 0 spiro atoms. The van der Waals surface area contributed by atoms with E-state index in [1.807, 2.05) is 30.3 Å². The quantitative estimate of drug-likeness (QED) is 0.770. The summed E-state index contributed by atoms with van der Waals surface area (Å²) >= 11 is 6.31. The van der Waals surface area contributed by atoms with Crippen LogP contribution in [0.4, 0.5) is 5.82 Å². The number of carbonyl (C=O) groups is 1. The number of hydrogen-bond donors (Lipinski definition) is 1. The number of anilines is 1. The molecule has 0 bridgehead atoms. The summed E-state index contributed by atoms with van der Waals surface area (Å²) in [6, 6.07) is 11.2. The van der Waals surface area contributed by atoms with Crippen LogP contribution in [0, 0.1) is 0 Å². The molecule has 0 atom stereocenters. The van der Waals surface area contributed by atoms with Gasteiger partial charge in [-0.15, -0.1) is 5.10 Å². The number of fused-ring (bicyclic) bond motifs is 1. The highest BCUT2D eigenvalue weighted by molar-refractivity contribution is 6.35. The molecular formula is C19H18ClN5O. The van der Waals surface area contributed by atoms with Crippen molar-refractivity contribution in [2.24, 2.45) is 0 Å². The largest absolute Gasteiger partial charge is 0.355 e. The van der Waals surface area contributed by atoms with Crippen LogP contribution < -0.4 is 10.2 Å². The lowest BCUT2D eigenvalue weighted by molar-refractivity contribution is 0.0933. The number of rotatable bonds is 3. The Morgan fingerprint density at radius 2 is 1.92 bits per heavy atom. The van der Waals surface area contributed by atoms with Crippen LogP contribution in [0.1, 0.15) is 23.2 Å². The van der Waals surface area contributed by atoms with Crippen LogP contribution in [0.5, 0.6) is 0 Å². The van der Waals surface area contributed by atoms with Gasteiger partial charge in [0, 0.05) is 36.9 Å². The fraction of sp³-hybridized carbons (Fsp3) is 0.263. The SMILES string of the molecule is O=C(NC1CCN(c2cccnn2)CC1)c1c(Cl)ccc2ncccc12. The highest BCUT2D eigenvalue weighted by Crippen LogP contribution is 2.25. The van der Waals surface area contributed by atoms with Crippen LogP contribution in [0.2, 0.25) is 5.02 Å². The monoisotopic (exact) mass is 367 g/mol. The van der Waals surface area contributed by atoms with Crippen LogP contribution in [0.25, 0.3) is 10.9 Å². The predicted molar refractivity (Wildman–Crippen MR) is 101 cm³/mol. The Labute approximate surface area is 156 Å². The molecule has 3 aromatic rings. The first kappa shape index (κ1) is 16.7. The van der Waals surface area contributed by atoms with Crippen molar-refractivity contribution in [2.45, 2.75) is 18.9 Å². The number of carbonyl (C=O) groups excluding carboxylic acids is 1. The van der Waals surface area contributed by atoms with Gasteiger partial charge in [0.15, 0.2) is 5.82 Å². The van der Waals surface area contributed by atoms with Crippen LogP contribution >= 0.6 is 11.6 Å². The highest BCUT2D eigenvalue weighted by Gasteiger charge is 2.23. The molecule has 0 unspecified atom stereocenters. The lowest BCUT2D eigenvalue weighted by Crippen LogP contribution is -2.45. The van der Waals surface area contributed by atoms with Gasteiger partial charge in [0.1, 0.15) is 0 Å². The van der Waals surface area contributed by atoms with E-state index in [1.165, 1.54) is 0 Å². The maximum Gasteiger partial charge on any atom is 0.253 e. The summed E-state index contributed by atoms with van der Waals surface area (Å²) in [5.41, 5.74) is 1.26. The summed E-state index contributed by atoms with van der Waals surface area (Å²) in [5, 5.41) is 12.4. The molecular weight excluding hydrogens is 350 g/mol. The minimum Gasteiger partial charge on any atom is -0.355 e. The van der Waals surface area contributed by atoms with Crippen molar-refractivity contribution >= 4 is 34.2 Å². The number of pyridine rings is 1. The summed E-state index contributed by atoms with van der Waals surface area (Å²) in [6.07, 6.45) is 5.07. The molecule has 0 radical (unpaired) electrons. The lowest BCUT2D eigenvalue weighted by Gasteiger charge is -2.32. The molecule has 0 aliphatic carbocycles. The molecule has 132 valence electrons. The first-order chi connectivity index (χ1) is 12.7. The molecule has 1 amide bonds. The summed E-state index contributed by atoms with van der Waals surface area (Å²) < 4.78 is 0. The second-order valence-electron chi connectivity index (χ2n) is 6.31. The molecule has 0 saturated carbocycles. The van der Waals surface area contributed by atoms with E-state index in [-0.39, 0.29) is 11.9 Å². The normalized spacial score (nSPS) is 15.2. The Bertz CT molecular complexity index is 926. The summed E-state index contributed by atoms with van der Waals surface area (Å²) in [4.78, 5) is 19.3. The van der Waals surface area contributed by atoms with Gasteiger partial charge < -0.3 is 10.2 Å². The number of benzene rings is 1. The van der Waals surface area contributed by atoms with Crippen molar-refractivity contribution in [3.05, 3.63) is 59.4 Å². The van der Waals surface area contributed by atoms with E-state index >= 15 is 0 Å². The van der Waals surface area contributed by atoms with Gasteiger partial charge in [-0.05, 0) is 43.2 Å². The molecule has 1 aliphatic rings. The Balaban J connectivity index is 1.46. The van der Waals surface area contributed by atoms with E-state index in [0.717, 1.165) is 42.7 Å². The van der Waals surface area contributed by atoms with E-state index < -0.39 is 0 Å². The van der Waals surface area contributed by atoms with Crippen molar-refractivity contribution in [1.29, 1.82) is 0 Å². The number of nitrogens with one attached hydrogen (secondary N) is 1. The molecule has 6 nitrogen and oxygen atoms in total. The number of amides is 1. The maximum atomic E-state index is 12.8. The van der Waals surface area contributed by atoms with Crippen LogP contribution in [0.3, 0.4) is 0 Å². The van der Waals surface area contributed by atoms with Crippen LogP contribution in [-0.4, -0.2) is 40.2 Å². The van der Waals surface area contributed by atoms with Gasteiger partial charge >= 0.3 is 0 Å². The Morgan fingerprint density at radius 3 is 2.69 bits per heavy atom. The van der Waals surface area contributed by atoms with Gasteiger partial charge in [-0.2, -0.15) is 5.10 Å². The maximum absolute atomic E-state index is 12.8. The molecule has 26 heavy (non-hydrogen) atoms. The fourth-order valence-corrected chi connectivity index (χ4v) is 3.58. The fourth-order valence-electron chi connectivity index (χ4n) is 3.33. The van der Waals surface area contributed by atoms with Gasteiger partial charge in [-0.3, -0.25) is 9.78 Å². The van der Waals surface area contributed by atoms with Gasteiger partial charge in [0.25, 0.3) is 5.91 Å². The predicted octanol–water partition coefficient (Wildman–Crippen LogP) is 3.08. The molecule has 1 fully saturated rings. The van der Waals surface area contributed by atoms with Crippen molar-refractivity contribution in [3.63, 3.8) is 0 Å². The third-order valence-electron chi connectivity index (χ3n) is 4.67. The van der Waals surface area contributed by atoms with E-state index in [0.29, 0.717) is 10.6 Å². The van der Waals surface area contributed by atoms with E-state index in [4.69, 9.17) is 11.6 Å². The number of aromatic nitrogens is 3. The zero-order valence-electron chi connectivity index (χ0n) is 14.1. The third kappa shape index (κ3) is 3.32. The van der Waals surface area contributed by atoms with Crippen LogP contribution in [-0.2, 0) is 0 Å². The standard InChI is InChI=1S/C19H18ClN5O/c20-15-5-6-16-14(3-1-9-21-16)18(15)19(26)23-13-7-11-25(12-8-13)17-4-2-10-22-24-17/h1-6,9-10,13H,7-8,11-12H2,(H,23,26).